The van der Waals surface area contributed by atoms with E-state index in [1.54, 1.807) is 36.4 Å². The van der Waals surface area contributed by atoms with Gasteiger partial charge in [0.05, 0.1) is 4.90 Å². The van der Waals surface area contributed by atoms with Gasteiger partial charge in [-0.1, -0.05) is 24.6 Å². The monoisotopic (exact) mass is 433 g/mol. The van der Waals surface area contributed by atoms with E-state index in [1.807, 2.05) is 0 Å². The van der Waals surface area contributed by atoms with Crippen molar-refractivity contribution in [1.82, 2.24) is 4.72 Å². The molecule has 1 N–H and O–H groups in total. The largest absolute Gasteiger partial charge is 0.457 e. The first-order chi connectivity index (χ1) is 14.5. The number of fused-ring (bicyclic) bond motifs is 1. The van der Waals surface area contributed by atoms with E-state index in [1.165, 1.54) is 12.1 Å². The van der Waals surface area contributed by atoms with E-state index >= 15 is 0 Å². The molecule has 2 aromatic carbocycles. The SMILES string of the molecule is O=C(CCCCCNS(=O)(=O)c1ccccc1)OCC(=O)c1ccc2c(c1)OCO2. The average molecular weight is 433 g/mol. The number of carbonyl (C=O) groups is 2. The van der Waals surface area contributed by atoms with E-state index in [-0.39, 0.29) is 37.0 Å². The zero-order valence-electron chi connectivity index (χ0n) is 16.3. The maximum atomic E-state index is 12.1. The number of ether oxygens (including phenoxy) is 3. The van der Waals surface area contributed by atoms with Crippen molar-refractivity contribution in [3.05, 3.63) is 54.1 Å². The minimum absolute atomic E-state index is 0.121. The Labute approximate surface area is 175 Å². The minimum Gasteiger partial charge on any atom is -0.457 e. The van der Waals surface area contributed by atoms with Crippen LogP contribution in [0.25, 0.3) is 0 Å². The highest BCUT2D eigenvalue weighted by Crippen LogP contribution is 2.32. The maximum Gasteiger partial charge on any atom is 0.306 e. The molecule has 30 heavy (non-hydrogen) atoms. The first-order valence-electron chi connectivity index (χ1n) is 9.59. The standard InChI is InChI=1S/C21H23NO7S/c23-18(16-10-11-19-20(13-16)29-15-28-19)14-27-21(24)9-5-2-6-12-22-30(25,26)17-7-3-1-4-8-17/h1,3-4,7-8,10-11,13,22H,2,5-6,9,12,14-15H2. The predicted molar refractivity (Wildman–Crippen MR) is 108 cm³/mol. The Morgan fingerprint density at radius 1 is 0.967 bits per heavy atom. The molecule has 0 saturated carbocycles. The van der Waals surface area contributed by atoms with Crippen LogP contribution in [0.1, 0.15) is 36.0 Å². The van der Waals surface area contributed by atoms with Crippen molar-refractivity contribution in [2.45, 2.75) is 30.6 Å². The van der Waals surface area contributed by atoms with Gasteiger partial charge >= 0.3 is 5.97 Å². The van der Waals surface area contributed by atoms with Gasteiger partial charge < -0.3 is 14.2 Å². The molecule has 0 spiro atoms. The normalized spacial score (nSPS) is 12.5. The number of sulfonamides is 1. The lowest BCUT2D eigenvalue weighted by atomic mass is 10.1. The van der Waals surface area contributed by atoms with Crippen LogP contribution in [0.5, 0.6) is 11.5 Å². The summed E-state index contributed by atoms with van der Waals surface area (Å²) in [4.78, 5) is 24.2. The molecule has 0 radical (unpaired) electrons. The van der Waals surface area contributed by atoms with Gasteiger partial charge in [-0.3, -0.25) is 9.59 Å². The van der Waals surface area contributed by atoms with Crippen LogP contribution in [0.3, 0.4) is 0 Å². The summed E-state index contributed by atoms with van der Waals surface area (Å²) in [5, 5.41) is 0. The molecule has 0 aromatic heterocycles. The van der Waals surface area contributed by atoms with Crippen molar-refractivity contribution in [2.75, 3.05) is 19.9 Å². The number of rotatable bonds is 11. The molecule has 0 atom stereocenters. The highest BCUT2D eigenvalue weighted by Gasteiger charge is 2.17. The number of nitrogens with one attached hydrogen (secondary N) is 1. The molecular weight excluding hydrogens is 410 g/mol. The van der Waals surface area contributed by atoms with Gasteiger partial charge in [0.15, 0.2) is 23.9 Å². The van der Waals surface area contributed by atoms with Crippen LogP contribution in [0.2, 0.25) is 0 Å². The number of Topliss-reactive ketones (excluding diaryl/α,β-unsaturated/α-hetero) is 1. The molecule has 2 aromatic rings. The molecule has 9 heteroatoms. The minimum atomic E-state index is -3.51. The van der Waals surface area contributed by atoms with Crippen molar-refractivity contribution in [3.8, 4) is 11.5 Å². The maximum absolute atomic E-state index is 12.1. The van der Waals surface area contributed by atoms with Gasteiger partial charge in [0.2, 0.25) is 16.8 Å². The Morgan fingerprint density at radius 2 is 1.73 bits per heavy atom. The van der Waals surface area contributed by atoms with Gasteiger partial charge in [0.25, 0.3) is 0 Å². The first kappa shape index (κ1) is 21.8. The summed E-state index contributed by atoms with van der Waals surface area (Å²) in [6, 6.07) is 12.9. The van der Waals surface area contributed by atoms with Crippen molar-refractivity contribution >= 4 is 21.8 Å². The van der Waals surface area contributed by atoms with Crippen LogP contribution in [0.4, 0.5) is 0 Å². The van der Waals surface area contributed by atoms with Crippen molar-refractivity contribution in [3.63, 3.8) is 0 Å². The highest BCUT2D eigenvalue weighted by atomic mass is 32.2. The van der Waals surface area contributed by atoms with Crippen LogP contribution < -0.4 is 14.2 Å². The fourth-order valence-corrected chi connectivity index (χ4v) is 3.93. The number of hydrogen-bond donors (Lipinski definition) is 1. The van der Waals surface area contributed by atoms with Crippen molar-refractivity contribution in [1.29, 1.82) is 0 Å². The number of benzene rings is 2. The second-order valence-electron chi connectivity index (χ2n) is 6.67. The lowest BCUT2D eigenvalue weighted by Crippen LogP contribution is -2.24. The summed E-state index contributed by atoms with van der Waals surface area (Å²) >= 11 is 0. The average Bonchev–Trinajstić information content (AvgIpc) is 3.23. The Hall–Kier alpha value is -2.91. The molecule has 160 valence electrons. The fourth-order valence-electron chi connectivity index (χ4n) is 2.83. The van der Waals surface area contributed by atoms with Crippen LogP contribution in [0, 0.1) is 0 Å². The predicted octanol–water partition coefficient (Wildman–Crippen LogP) is 2.68. The summed E-state index contributed by atoms with van der Waals surface area (Å²) in [6.45, 7) is 0.0693. The zero-order valence-corrected chi connectivity index (χ0v) is 17.2. The van der Waals surface area contributed by atoms with Crippen molar-refractivity contribution < 1.29 is 32.2 Å². The Kier molecular flexibility index (Phi) is 7.42. The van der Waals surface area contributed by atoms with E-state index in [0.717, 1.165) is 0 Å². The molecule has 0 amide bonds. The lowest BCUT2D eigenvalue weighted by Gasteiger charge is -2.07. The summed E-state index contributed by atoms with van der Waals surface area (Å²) in [5.74, 6) is 0.288. The van der Waals surface area contributed by atoms with Gasteiger partial charge in [0.1, 0.15) is 0 Å². The topological polar surface area (TPSA) is 108 Å². The number of unbranched alkanes of at least 4 members (excludes halogenated alkanes) is 2. The third-order valence-electron chi connectivity index (χ3n) is 4.46. The summed E-state index contributed by atoms with van der Waals surface area (Å²) in [5.41, 5.74) is 0.387. The number of carbonyl (C=O) groups excluding carboxylic acids is 2. The first-order valence-corrected chi connectivity index (χ1v) is 11.1. The molecule has 0 unspecified atom stereocenters. The Balaban J connectivity index is 1.29. The number of esters is 1. The lowest BCUT2D eigenvalue weighted by molar-refractivity contribution is -0.142. The summed E-state index contributed by atoms with van der Waals surface area (Å²) < 4.78 is 42.1. The van der Waals surface area contributed by atoms with Gasteiger partial charge in [-0.2, -0.15) is 0 Å². The van der Waals surface area contributed by atoms with Crippen molar-refractivity contribution in [2.24, 2.45) is 0 Å². The second kappa shape index (κ2) is 10.2. The number of ketones is 1. The zero-order chi connectivity index (χ0) is 21.4. The van der Waals surface area contributed by atoms with Crippen LogP contribution >= 0.6 is 0 Å². The molecule has 0 aliphatic carbocycles. The van der Waals surface area contributed by atoms with E-state index in [0.29, 0.717) is 36.3 Å². The molecule has 0 saturated heterocycles. The summed E-state index contributed by atoms with van der Waals surface area (Å²) in [7, 11) is -3.51. The third kappa shape index (κ3) is 6.04. The second-order valence-corrected chi connectivity index (χ2v) is 8.44. The third-order valence-corrected chi connectivity index (χ3v) is 5.94. The van der Waals surface area contributed by atoms with Gasteiger partial charge in [-0.05, 0) is 43.2 Å². The van der Waals surface area contributed by atoms with Gasteiger partial charge in [-0.25, -0.2) is 13.1 Å². The quantitative estimate of drug-likeness (QED) is 0.330. The molecule has 1 aliphatic heterocycles. The van der Waals surface area contributed by atoms with Crippen LogP contribution in [-0.4, -0.2) is 40.1 Å². The summed E-state index contributed by atoms with van der Waals surface area (Å²) in [6.07, 6.45) is 1.96. The number of hydrogen-bond acceptors (Lipinski definition) is 7. The fraction of sp³-hybridized carbons (Fsp3) is 0.333. The molecule has 3 rings (SSSR count). The molecule has 1 heterocycles. The Morgan fingerprint density at radius 3 is 2.53 bits per heavy atom. The Bertz CT molecular complexity index is 990. The van der Waals surface area contributed by atoms with Gasteiger partial charge in [-0.15, -0.1) is 0 Å². The molecule has 8 nitrogen and oxygen atoms in total. The van der Waals surface area contributed by atoms with E-state index < -0.39 is 16.0 Å². The highest BCUT2D eigenvalue weighted by molar-refractivity contribution is 7.89. The van der Waals surface area contributed by atoms with Gasteiger partial charge in [0, 0.05) is 18.5 Å². The van der Waals surface area contributed by atoms with Crippen LogP contribution in [-0.2, 0) is 19.6 Å². The van der Waals surface area contributed by atoms with E-state index in [4.69, 9.17) is 14.2 Å². The van der Waals surface area contributed by atoms with E-state index in [9.17, 15) is 18.0 Å². The molecular formula is C21H23NO7S. The molecule has 0 bridgehead atoms. The molecule has 0 fully saturated rings. The molecule has 1 aliphatic rings. The van der Waals surface area contributed by atoms with E-state index in [2.05, 4.69) is 4.72 Å². The van der Waals surface area contributed by atoms with Crippen LogP contribution in [0.15, 0.2) is 53.4 Å². The smallest absolute Gasteiger partial charge is 0.306 e.